The number of nitrogens with zero attached hydrogens (tertiary/aromatic N) is 1. The largest absolute Gasteiger partial charge is 0.297 e. The van der Waals surface area contributed by atoms with E-state index in [-0.39, 0.29) is 0 Å². The molecule has 0 aromatic rings. The van der Waals surface area contributed by atoms with Gasteiger partial charge in [-0.05, 0) is 43.9 Å². The Bertz CT molecular complexity index is 257. The van der Waals surface area contributed by atoms with Crippen molar-refractivity contribution in [2.45, 2.75) is 89.1 Å². The van der Waals surface area contributed by atoms with Crippen LogP contribution in [-0.4, -0.2) is 28.9 Å². The lowest BCUT2D eigenvalue weighted by molar-refractivity contribution is 0.0632. The summed E-state index contributed by atoms with van der Waals surface area (Å²) < 4.78 is 0. The third kappa shape index (κ3) is 3.56. The highest BCUT2D eigenvalue weighted by atomic mass is 79.9. The van der Waals surface area contributed by atoms with Crippen molar-refractivity contribution in [2.75, 3.05) is 11.9 Å². The lowest BCUT2D eigenvalue weighted by atomic mass is 9.87. The molecule has 2 heteroatoms. The molecule has 0 radical (unpaired) electrons. The van der Waals surface area contributed by atoms with E-state index in [2.05, 4.69) is 20.8 Å². The molecule has 19 heavy (non-hydrogen) atoms. The second-order valence-corrected chi connectivity index (χ2v) is 7.95. The molecule has 3 aliphatic rings. The van der Waals surface area contributed by atoms with E-state index in [1.54, 1.807) is 0 Å². The molecule has 0 atom stereocenters. The van der Waals surface area contributed by atoms with E-state index in [0.717, 1.165) is 12.1 Å². The van der Waals surface area contributed by atoms with Gasteiger partial charge in [0.1, 0.15) is 0 Å². The Morgan fingerprint density at radius 3 is 1.63 bits per heavy atom. The van der Waals surface area contributed by atoms with Gasteiger partial charge in [0, 0.05) is 24.0 Å². The fraction of sp³-hybridized carbons (Fsp3) is 1.00. The van der Waals surface area contributed by atoms with Crippen molar-refractivity contribution in [1.29, 1.82) is 0 Å². The Morgan fingerprint density at radius 2 is 1.26 bits per heavy atom. The van der Waals surface area contributed by atoms with Gasteiger partial charge in [0.2, 0.25) is 0 Å². The molecular weight excluding hydrogens is 298 g/mol. The van der Waals surface area contributed by atoms with Crippen LogP contribution in [-0.2, 0) is 0 Å². The third-order valence-corrected chi connectivity index (χ3v) is 7.04. The fourth-order valence-corrected chi connectivity index (χ4v) is 5.02. The minimum absolute atomic E-state index is 0.662. The highest BCUT2D eigenvalue weighted by Crippen LogP contribution is 2.49. The number of halogens is 1. The summed E-state index contributed by atoms with van der Waals surface area (Å²) >= 11 is 3.78. The molecule has 0 aliphatic heterocycles. The molecule has 0 bridgehead atoms. The van der Waals surface area contributed by atoms with Crippen molar-refractivity contribution < 1.29 is 0 Å². The molecule has 0 amide bonds. The highest BCUT2D eigenvalue weighted by molar-refractivity contribution is 9.09. The quantitative estimate of drug-likeness (QED) is 0.633. The second-order valence-electron chi connectivity index (χ2n) is 7.39. The zero-order chi connectivity index (χ0) is 13.1. The zero-order valence-corrected chi connectivity index (χ0v) is 14.0. The topological polar surface area (TPSA) is 3.24 Å². The third-order valence-electron chi connectivity index (χ3n) is 5.85. The Balaban J connectivity index is 1.66. The molecule has 1 nitrogen and oxygen atoms in total. The van der Waals surface area contributed by atoms with Crippen molar-refractivity contribution in [1.82, 2.24) is 4.90 Å². The van der Waals surface area contributed by atoms with Gasteiger partial charge in [-0.15, -0.1) is 0 Å². The van der Waals surface area contributed by atoms with Crippen molar-refractivity contribution in [3.8, 4) is 0 Å². The minimum Gasteiger partial charge on any atom is -0.297 e. The van der Waals surface area contributed by atoms with Crippen molar-refractivity contribution in [3.63, 3.8) is 0 Å². The average molecular weight is 328 g/mol. The van der Waals surface area contributed by atoms with Crippen LogP contribution in [0.4, 0.5) is 0 Å². The van der Waals surface area contributed by atoms with Crippen molar-refractivity contribution in [2.24, 2.45) is 5.41 Å². The number of hydrogen-bond acceptors (Lipinski definition) is 1. The van der Waals surface area contributed by atoms with E-state index in [4.69, 9.17) is 0 Å². The molecule has 0 N–H and O–H groups in total. The predicted molar refractivity (Wildman–Crippen MR) is 85.9 cm³/mol. The Hall–Kier alpha value is 0.440. The maximum Gasteiger partial charge on any atom is 0.0100 e. The van der Waals surface area contributed by atoms with E-state index in [1.165, 1.54) is 88.9 Å². The van der Waals surface area contributed by atoms with Gasteiger partial charge in [0.05, 0.1) is 0 Å². The molecule has 3 saturated carbocycles. The molecule has 3 aliphatic carbocycles. The van der Waals surface area contributed by atoms with Crippen LogP contribution in [0.2, 0.25) is 0 Å². The smallest absolute Gasteiger partial charge is 0.0100 e. The second kappa shape index (κ2) is 6.47. The lowest BCUT2D eigenvalue weighted by Gasteiger charge is -2.43. The monoisotopic (exact) mass is 327 g/mol. The number of rotatable bonds is 5. The first kappa shape index (κ1) is 14.4. The maximum absolute atomic E-state index is 3.78. The van der Waals surface area contributed by atoms with Crippen molar-refractivity contribution in [3.05, 3.63) is 0 Å². The van der Waals surface area contributed by atoms with E-state index in [9.17, 15) is 0 Å². The molecule has 0 saturated heterocycles. The molecule has 0 spiro atoms. The fourth-order valence-electron chi connectivity index (χ4n) is 4.28. The van der Waals surface area contributed by atoms with E-state index < -0.39 is 0 Å². The van der Waals surface area contributed by atoms with Gasteiger partial charge in [-0.1, -0.05) is 54.5 Å². The molecule has 0 aromatic heterocycles. The summed E-state index contributed by atoms with van der Waals surface area (Å²) in [5.41, 5.74) is 0.662. The number of hydrogen-bond donors (Lipinski definition) is 0. The standard InChI is InChI=1S/C17H30BrN/c18-13-17(11-12-17)14-19(15-7-3-1-4-8-15)16-9-5-2-6-10-16/h15-16H,1-14H2. The van der Waals surface area contributed by atoms with Crippen LogP contribution in [0.1, 0.15) is 77.0 Å². The van der Waals surface area contributed by atoms with Gasteiger partial charge >= 0.3 is 0 Å². The Morgan fingerprint density at radius 1 is 0.789 bits per heavy atom. The summed E-state index contributed by atoms with van der Waals surface area (Å²) in [5, 5.41) is 1.23. The summed E-state index contributed by atoms with van der Waals surface area (Å²) in [6.45, 7) is 1.40. The normalized spacial score (nSPS) is 28.7. The average Bonchev–Trinajstić information content (AvgIpc) is 3.27. The summed E-state index contributed by atoms with van der Waals surface area (Å²) in [6.07, 6.45) is 17.8. The Labute approximate surface area is 127 Å². The lowest BCUT2D eigenvalue weighted by Crippen LogP contribution is -2.48. The summed E-state index contributed by atoms with van der Waals surface area (Å²) in [7, 11) is 0. The first-order chi connectivity index (χ1) is 9.33. The van der Waals surface area contributed by atoms with Crippen LogP contribution in [0.3, 0.4) is 0 Å². The van der Waals surface area contributed by atoms with E-state index >= 15 is 0 Å². The van der Waals surface area contributed by atoms with Crippen LogP contribution in [0.5, 0.6) is 0 Å². The number of alkyl halides is 1. The van der Waals surface area contributed by atoms with Gasteiger partial charge in [0.15, 0.2) is 0 Å². The summed E-state index contributed by atoms with van der Waals surface area (Å²) in [5.74, 6) is 0. The maximum atomic E-state index is 3.78. The molecule has 110 valence electrons. The summed E-state index contributed by atoms with van der Waals surface area (Å²) in [6, 6.07) is 1.85. The van der Waals surface area contributed by atoms with Gasteiger partial charge < -0.3 is 0 Å². The SMILES string of the molecule is BrCC1(CN(C2CCCCC2)C2CCCCC2)CC1. The highest BCUT2D eigenvalue weighted by Gasteiger charge is 2.45. The molecule has 0 unspecified atom stereocenters. The van der Waals surface area contributed by atoms with Gasteiger partial charge in [-0.3, -0.25) is 4.90 Å². The van der Waals surface area contributed by atoms with Gasteiger partial charge in [-0.2, -0.15) is 0 Å². The predicted octanol–water partition coefficient (Wildman–Crippen LogP) is 5.13. The van der Waals surface area contributed by atoms with Crippen LogP contribution < -0.4 is 0 Å². The van der Waals surface area contributed by atoms with Crippen LogP contribution in [0.25, 0.3) is 0 Å². The zero-order valence-electron chi connectivity index (χ0n) is 12.4. The molecule has 3 rings (SSSR count). The van der Waals surface area contributed by atoms with Crippen LogP contribution in [0.15, 0.2) is 0 Å². The first-order valence-electron chi connectivity index (χ1n) is 8.65. The van der Waals surface area contributed by atoms with Crippen LogP contribution >= 0.6 is 15.9 Å². The van der Waals surface area contributed by atoms with Crippen LogP contribution in [0, 0.1) is 5.41 Å². The first-order valence-corrected chi connectivity index (χ1v) is 9.77. The molecule has 3 fully saturated rings. The van der Waals surface area contributed by atoms with E-state index in [0.29, 0.717) is 5.41 Å². The van der Waals surface area contributed by atoms with Gasteiger partial charge in [-0.25, -0.2) is 0 Å². The minimum atomic E-state index is 0.662. The molecule has 0 aromatic carbocycles. The molecule has 0 heterocycles. The van der Waals surface area contributed by atoms with Gasteiger partial charge in [0.25, 0.3) is 0 Å². The summed E-state index contributed by atoms with van der Waals surface area (Å²) in [4.78, 5) is 2.99. The Kier molecular flexibility index (Phi) is 4.90. The van der Waals surface area contributed by atoms with Crippen molar-refractivity contribution >= 4 is 15.9 Å². The van der Waals surface area contributed by atoms with E-state index in [1.807, 2.05) is 0 Å². The molecular formula is C17H30BrN.